The van der Waals surface area contributed by atoms with Crippen molar-refractivity contribution in [3.05, 3.63) is 71.1 Å². The maximum absolute atomic E-state index is 12.9. The summed E-state index contributed by atoms with van der Waals surface area (Å²) in [5, 5.41) is 3.45. The molecule has 1 saturated heterocycles. The number of carbonyl (C=O) groups excluding carboxylic acids is 1. The number of aromatic nitrogens is 2. The summed E-state index contributed by atoms with van der Waals surface area (Å²) in [6.07, 6.45) is 5.57. The number of hydrogen-bond donors (Lipinski definition) is 1. The van der Waals surface area contributed by atoms with E-state index in [1.807, 2.05) is 41.2 Å². The minimum Gasteiger partial charge on any atom is -0.496 e. The molecule has 3 heterocycles. The topological polar surface area (TPSA) is 62.6 Å². The first kappa shape index (κ1) is 21.2. The van der Waals surface area contributed by atoms with Crippen molar-refractivity contribution in [1.82, 2.24) is 19.8 Å². The summed E-state index contributed by atoms with van der Waals surface area (Å²) >= 11 is 6.45. The number of likely N-dealkylation sites (N-methyl/N-ethyl adjacent to an activating group) is 1. The Bertz CT molecular complexity index is 1050. The van der Waals surface area contributed by atoms with Gasteiger partial charge in [-0.25, -0.2) is 4.98 Å². The van der Waals surface area contributed by atoms with Crippen molar-refractivity contribution >= 4 is 23.3 Å². The fraction of sp³-hybridized carbons (Fsp3) is 0.304. The first-order chi connectivity index (χ1) is 15.0. The van der Waals surface area contributed by atoms with E-state index in [1.54, 1.807) is 25.4 Å². The molecular formula is C23H26ClN5O2. The molecule has 1 aliphatic rings. The number of methoxy groups -OCH3 is 1. The van der Waals surface area contributed by atoms with Gasteiger partial charge in [0.2, 0.25) is 0 Å². The third kappa shape index (κ3) is 4.84. The van der Waals surface area contributed by atoms with Crippen LogP contribution in [0.4, 0.5) is 5.82 Å². The number of benzene rings is 1. The van der Waals surface area contributed by atoms with Gasteiger partial charge in [0.15, 0.2) is 0 Å². The molecule has 3 aromatic rings. The summed E-state index contributed by atoms with van der Waals surface area (Å²) in [4.78, 5) is 22.0. The van der Waals surface area contributed by atoms with Crippen LogP contribution >= 0.6 is 11.6 Å². The van der Waals surface area contributed by atoms with Gasteiger partial charge in [-0.2, -0.15) is 0 Å². The van der Waals surface area contributed by atoms with Gasteiger partial charge in [0.05, 0.1) is 23.4 Å². The normalized spacial score (nSPS) is 14.5. The monoisotopic (exact) mass is 439 g/mol. The van der Waals surface area contributed by atoms with Gasteiger partial charge >= 0.3 is 0 Å². The number of nitrogens with one attached hydrogen (secondary N) is 1. The quantitative estimate of drug-likeness (QED) is 0.639. The van der Waals surface area contributed by atoms with Crippen LogP contribution < -0.4 is 15.0 Å². The largest absolute Gasteiger partial charge is 0.496 e. The predicted molar refractivity (Wildman–Crippen MR) is 122 cm³/mol. The van der Waals surface area contributed by atoms with Crippen molar-refractivity contribution in [1.29, 1.82) is 0 Å². The number of rotatable bonds is 6. The summed E-state index contributed by atoms with van der Waals surface area (Å²) in [7, 11) is 3.67. The van der Waals surface area contributed by atoms with Gasteiger partial charge in [-0.15, -0.1) is 0 Å². The number of carbonyl (C=O) groups is 1. The molecular weight excluding hydrogens is 414 g/mol. The van der Waals surface area contributed by atoms with Crippen LogP contribution in [0.15, 0.2) is 55.0 Å². The molecule has 1 fully saturated rings. The molecule has 0 unspecified atom stereocenters. The van der Waals surface area contributed by atoms with Gasteiger partial charge in [-0.1, -0.05) is 11.6 Å². The lowest BCUT2D eigenvalue weighted by Crippen LogP contribution is -2.44. The van der Waals surface area contributed by atoms with Gasteiger partial charge in [0, 0.05) is 57.4 Å². The number of amides is 1. The van der Waals surface area contributed by atoms with Crippen molar-refractivity contribution < 1.29 is 9.53 Å². The Morgan fingerprint density at radius 1 is 1.16 bits per heavy atom. The zero-order chi connectivity index (χ0) is 21.8. The summed E-state index contributed by atoms with van der Waals surface area (Å²) in [5.41, 5.74) is 2.15. The number of halogens is 1. The molecule has 1 N–H and O–H groups in total. The SMILES string of the molecule is COc1cc(-n2cccc2)c(Cl)cc1C(=O)NCc1ccnc(N2CCN(C)CC2)c1. The van der Waals surface area contributed by atoms with Gasteiger partial charge in [-0.05, 0) is 42.9 Å². The van der Waals surface area contributed by atoms with Crippen molar-refractivity contribution in [3.63, 3.8) is 0 Å². The molecule has 0 atom stereocenters. The Kier molecular flexibility index (Phi) is 6.44. The van der Waals surface area contributed by atoms with Crippen LogP contribution in [0.3, 0.4) is 0 Å². The minimum atomic E-state index is -0.240. The number of nitrogens with zero attached hydrogens (tertiary/aromatic N) is 4. The highest BCUT2D eigenvalue weighted by molar-refractivity contribution is 6.33. The van der Waals surface area contributed by atoms with Gasteiger partial charge in [0.1, 0.15) is 11.6 Å². The van der Waals surface area contributed by atoms with Crippen molar-refractivity contribution in [2.45, 2.75) is 6.54 Å². The fourth-order valence-corrected chi connectivity index (χ4v) is 3.90. The van der Waals surface area contributed by atoms with E-state index in [0.29, 0.717) is 22.9 Å². The van der Waals surface area contributed by atoms with Gasteiger partial charge in [-0.3, -0.25) is 4.79 Å². The standard InChI is InChI=1S/C23H26ClN5O2/c1-27-9-11-29(12-10-27)22-13-17(5-6-25-22)16-26-23(30)18-14-19(24)20(15-21(18)31-2)28-7-3-4-8-28/h3-8,13-15H,9-12,16H2,1-2H3,(H,26,30). The van der Waals surface area contributed by atoms with Crippen LogP contribution in [0.25, 0.3) is 5.69 Å². The van der Waals surface area contributed by atoms with Crippen LogP contribution in [0.2, 0.25) is 5.02 Å². The van der Waals surface area contributed by atoms with Crippen LogP contribution in [-0.2, 0) is 6.54 Å². The van der Waals surface area contributed by atoms with E-state index in [9.17, 15) is 4.79 Å². The average Bonchev–Trinajstić information content (AvgIpc) is 3.32. The molecule has 8 heteroatoms. The second-order valence-electron chi connectivity index (χ2n) is 7.59. The molecule has 2 aromatic heterocycles. The van der Waals surface area contributed by atoms with Crippen LogP contribution in [0.5, 0.6) is 5.75 Å². The van der Waals surface area contributed by atoms with E-state index in [4.69, 9.17) is 16.3 Å². The lowest BCUT2D eigenvalue weighted by molar-refractivity contribution is 0.0948. The third-order valence-corrected chi connectivity index (χ3v) is 5.79. The van der Waals surface area contributed by atoms with Crippen molar-refractivity contribution in [2.75, 3.05) is 45.2 Å². The molecule has 4 rings (SSSR count). The molecule has 0 spiro atoms. The Morgan fingerprint density at radius 3 is 2.61 bits per heavy atom. The first-order valence-electron chi connectivity index (χ1n) is 10.2. The number of ether oxygens (including phenoxy) is 1. The molecule has 1 aromatic carbocycles. The summed E-state index contributed by atoms with van der Waals surface area (Å²) in [6.45, 7) is 4.32. The average molecular weight is 440 g/mol. The van der Waals surface area contributed by atoms with E-state index in [1.165, 1.54) is 0 Å². The summed E-state index contributed by atoms with van der Waals surface area (Å²) in [6, 6.07) is 11.2. The van der Waals surface area contributed by atoms with Crippen LogP contribution in [0.1, 0.15) is 15.9 Å². The molecule has 162 valence electrons. The van der Waals surface area contributed by atoms with E-state index in [-0.39, 0.29) is 5.91 Å². The van der Waals surface area contributed by atoms with E-state index in [0.717, 1.165) is 43.2 Å². The van der Waals surface area contributed by atoms with E-state index < -0.39 is 0 Å². The van der Waals surface area contributed by atoms with Crippen LogP contribution in [0, 0.1) is 0 Å². The van der Waals surface area contributed by atoms with Crippen LogP contribution in [-0.4, -0.2) is 60.7 Å². The highest BCUT2D eigenvalue weighted by Crippen LogP contribution is 2.30. The highest BCUT2D eigenvalue weighted by atomic mass is 35.5. The zero-order valence-corrected chi connectivity index (χ0v) is 18.5. The molecule has 7 nitrogen and oxygen atoms in total. The summed E-state index contributed by atoms with van der Waals surface area (Å²) in [5.74, 6) is 1.17. The predicted octanol–water partition coefficient (Wildman–Crippen LogP) is 3.22. The Morgan fingerprint density at radius 2 is 1.90 bits per heavy atom. The molecule has 0 saturated carbocycles. The third-order valence-electron chi connectivity index (χ3n) is 5.49. The second-order valence-corrected chi connectivity index (χ2v) is 8.00. The Balaban J connectivity index is 1.47. The molecule has 1 aliphatic heterocycles. The minimum absolute atomic E-state index is 0.240. The summed E-state index contributed by atoms with van der Waals surface area (Å²) < 4.78 is 7.34. The molecule has 0 radical (unpaired) electrons. The van der Waals surface area contributed by atoms with Crippen molar-refractivity contribution in [2.24, 2.45) is 0 Å². The van der Waals surface area contributed by atoms with E-state index in [2.05, 4.69) is 27.1 Å². The van der Waals surface area contributed by atoms with Gasteiger partial charge < -0.3 is 24.4 Å². The number of piperazine rings is 1. The maximum Gasteiger partial charge on any atom is 0.255 e. The molecule has 1 amide bonds. The Labute approximate surface area is 187 Å². The number of anilines is 1. The lowest BCUT2D eigenvalue weighted by atomic mass is 10.1. The van der Waals surface area contributed by atoms with Gasteiger partial charge in [0.25, 0.3) is 5.91 Å². The number of hydrogen-bond acceptors (Lipinski definition) is 5. The molecule has 0 aliphatic carbocycles. The van der Waals surface area contributed by atoms with E-state index >= 15 is 0 Å². The smallest absolute Gasteiger partial charge is 0.255 e. The maximum atomic E-state index is 12.9. The molecule has 31 heavy (non-hydrogen) atoms. The Hall–Kier alpha value is -3.03. The second kappa shape index (κ2) is 9.41. The highest BCUT2D eigenvalue weighted by Gasteiger charge is 2.18. The number of pyridine rings is 1. The zero-order valence-electron chi connectivity index (χ0n) is 17.7. The fourth-order valence-electron chi connectivity index (χ4n) is 3.64. The lowest BCUT2D eigenvalue weighted by Gasteiger charge is -2.33. The first-order valence-corrected chi connectivity index (χ1v) is 10.6. The van der Waals surface area contributed by atoms with Crippen molar-refractivity contribution in [3.8, 4) is 11.4 Å². The molecule has 0 bridgehead atoms.